The van der Waals surface area contributed by atoms with Crippen LogP contribution in [0.5, 0.6) is 5.75 Å². The average Bonchev–Trinajstić information content (AvgIpc) is 2.38. The molecule has 0 unspecified atom stereocenters. The third-order valence-corrected chi connectivity index (χ3v) is 2.54. The summed E-state index contributed by atoms with van der Waals surface area (Å²) in [4.78, 5) is 11.9. The Kier molecular flexibility index (Phi) is 6.97. The molecule has 2 N–H and O–H groups in total. The van der Waals surface area contributed by atoms with Gasteiger partial charge in [0.1, 0.15) is 12.4 Å². The lowest BCUT2D eigenvalue weighted by atomic mass is 10.2. The van der Waals surface area contributed by atoms with E-state index in [1.807, 2.05) is 13.8 Å². The molecule has 1 rings (SSSR count). The number of thiocarbonyl (C=S) groups is 1. The number of nitrogens with one attached hydrogen (secondary N) is 2. The Balaban J connectivity index is 2.50. The van der Waals surface area contributed by atoms with Crippen molar-refractivity contribution in [2.45, 2.75) is 19.9 Å². The van der Waals surface area contributed by atoms with Gasteiger partial charge in [0.25, 0.3) is 5.91 Å². The zero-order valence-electron chi connectivity index (χ0n) is 11.9. The molecule has 6 heteroatoms. The van der Waals surface area contributed by atoms with E-state index in [0.29, 0.717) is 29.6 Å². The first-order valence-corrected chi connectivity index (χ1v) is 6.77. The zero-order chi connectivity index (χ0) is 15.0. The topological polar surface area (TPSA) is 59.6 Å². The van der Waals surface area contributed by atoms with Crippen molar-refractivity contribution < 1.29 is 14.3 Å². The van der Waals surface area contributed by atoms with Crippen LogP contribution in [0.4, 0.5) is 0 Å². The van der Waals surface area contributed by atoms with Gasteiger partial charge < -0.3 is 14.8 Å². The zero-order valence-corrected chi connectivity index (χ0v) is 12.8. The maximum atomic E-state index is 11.9. The number of hydrogen-bond acceptors (Lipinski definition) is 4. The van der Waals surface area contributed by atoms with E-state index in [9.17, 15) is 4.79 Å². The van der Waals surface area contributed by atoms with E-state index < -0.39 is 0 Å². The minimum absolute atomic E-state index is 0.180. The van der Waals surface area contributed by atoms with Crippen LogP contribution in [-0.2, 0) is 4.74 Å². The van der Waals surface area contributed by atoms with Crippen molar-refractivity contribution in [1.82, 2.24) is 10.6 Å². The Hall–Kier alpha value is -1.66. The fourth-order valence-corrected chi connectivity index (χ4v) is 1.75. The second-order valence-electron chi connectivity index (χ2n) is 4.45. The number of carbonyl (C=O) groups excluding carboxylic acids is 1. The lowest BCUT2D eigenvalue weighted by Crippen LogP contribution is -2.42. The molecule has 1 aromatic rings. The number of methoxy groups -OCH3 is 1. The van der Waals surface area contributed by atoms with Gasteiger partial charge in [-0.15, -0.1) is 0 Å². The summed E-state index contributed by atoms with van der Waals surface area (Å²) >= 11 is 5.02. The molecule has 0 saturated carbocycles. The molecule has 0 fully saturated rings. The molecular weight excluding hydrogens is 276 g/mol. The number of benzene rings is 1. The largest absolute Gasteiger partial charge is 0.491 e. The molecule has 0 radical (unpaired) electrons. The van der Waals surface area contributed by atoms with Gasteiger partial charge in [-0.2, -0.15) is 0 Å². The lowest BCUT2D eigenvalue weighted by Gasteiger charge is -2.12. The molecule has 0 atom stereocenters. The highest BCUT2D eigenvalue weighted by Gasteiger charge is 2.08. The monoisotopic (exact) mass is 296 g/mol. The van der Waals surface area contributed by atoms with Crippen LogP contribution in [-0.4, -0.2) is 37.4 Å². The van der Waals surface area contributed by atoms with Crippen LogP contribution < -0.4 is 15.4 Å². The van der Waals surface area contributed by atoms with Gasteiger partial charge in [0.2, 0.25) is 0 Å². The maximum absolute atomic E-state index is 11.9. The normalized spacial score (nSPS) is 10.2. The van der Waals surface area contributed by atoms with Gasteiger partial charge in [0.15, 0.2) is 5.11 Å². The number of carbonyl (C=O) groups is 1. The molecule has 0 aliphatic rings. The standard InChI is InChI=1S/C14H20N2O3S/c1-10(2)15-14(20)16-13(17)11-4-6-12(7-5-11)19-9-8-18-3/h4-7,10H,8-9H2,1-3H3,(H2,15,16,17,20). The molecule has 0 spiro atoms. The molecule has 0 bridgehead atoms. The molecule has 0 heterocycles. The molecular formula is C14H20N2O3S. The van der Waals surface area contributed by atoms with Crippen molar-refractivity contribution in [3.63, 3.8) is 0 Å². The summed E-state index contributed by atoms with van der Waals surface area (Å²) in [5.74, 6) is 0.452. The average molecular weight is 296 g/mol. The molecule has 1 aromatic carbocycles. The second-order valence-corrected chi connectivity index (χ2v) is 4.86. The molecule has 0 aromatic heterocycles. The highest BCUT2D eigenvalue weighted by Crippen LogP contribution is 2.12. The van der Waals surface area contributed by atoms with Crippen LogP contribution >= 0.6 is 12.2 Å². The predicted octanol–water partition coefficient (Wildman–Crippen LogP) is 1.72. The van der Waals surface area contributed by atoms with Crippen molar-refractivity contribution in [2.24, 2.45) is 0 Å². The smallest absolute Gasteiger partial charge is 0.257 e. The maximum Gasteiger partial charge on any atom is 0.257 e. The van der Waals surface area contributed by atoms with Gasteiger partial charge in [0, 0.05) is 18.7 Å². The van der Waals surface area contributed by atoms with Gasteiger partial charge >= 0.3 is 0 Å². The van der Waals surface area contributed by atoms with Crippen molar-refractivity contribution in [2.75, 3.05) is 20.3 Å². The minimum Gasteiger partial charge on any atom is -0.491 e. The lowest BCUT2D eigenvalue weighted by molar-refractivity contribution is 0.0976. The third-order valence-electron chi connectivity index (χ3n) is 2.32. The molecule has 5 nitrogen and oxygen atoms in total. The van der Waals surface area contributed by atoms with Crippen LogP contribution in [0.2, 0.25) is 0 Å². The van der Waals surface area contributed by atoms with Crippen LogP contribution in [0.25, 0.3) is 0 Å². The van der Waals surface area contributed by atoms with E-state index in [1.54, 1.807) is 31.4 Å². The molecule has 0 aliphatic carbocycles. The quantitative estimate of drug-likeness (QED) is 0.618. The Morgan fingerprint density at radius 3 is 2.45 bits per heavy atom. The van der Waals surface area contributed by atoms with E-state index >= 15 is 0 Å². The second kappa shape index (κ2) is 8.50. The Labute approximate surface area is 124 Å². The van der Waals surface area contributed by atoms with E-state index in [-0.39, 0.29) is 11.9 Å². The van der Waals surface area contributed by atoms with Crippen molar-refractivity contribution in [1.29, 1.82) is 0 Å². The van der Waals surface area contributed by atoms with Gasteiger partial charge in [-0.05, 0) is 50.3 Å². The molecule has 20 heavy (non-hydrogen) atoms. The first-order chi connectivity index (χ1) is 9.52. The predicted molar refractivity (Wildman–Crippen MR) is 82.1 cm³/mol. The number of hydrogen-bond donors (Lipinski definition) is 2. The molecule has 110 valence electrons. The summed E-state index contributed by atoms with van der Waals surface area (Å²) in [6.07, 6.45) is 0. The van der Waals surface area contributed by atoms with Gasteiger partial charge in [-0.25, -0.2) is 0 Å². The van der Waals surface area contributed by atoms with Crippen molar-refractivity contribution in [3.8, 4) is 5.75 Å². The minimum atomic E-state index is -0.244. The first kappa shape index (κ1) is 16.4. The van der Waals surface area contributed by atoms with Crippen LogP contribution in [0.1, 0.15) is 24.2 Å². The van der Waals surface area contributed by atoms with Gasteiger partial charge in [0.05, 0.1) is 6.61 Å². The highest BCUT2D eigenvalue weighted by atomic mass is 32.1. The number of amides is 1. The molecule has 0 aliphatic heterocycles. The Bertz CT molecular complexity index is 446. The summed E-state index contributed by atoms with van der Waals surface area (Å²) in [6, 6.07) is 7.04. The van der Waals surface area contributed by atoms with Gasteiger partial charge in [-0.1, -0.05) is 0 Å². The van der Waals surface area contributed by atoms with Crippen LogP contribution in [0, 0.1) is 0 Å². The van der Waals surface area contributed by atoms with Crippen LogP contribution in [0.3, 0.4) is 0 Å². The van der Waals surface area contributed by atoms with E-state index in [1.165, 1.54) is 0 Å². The van der Waals surface area contributed by atoms with Crippen molar-refractivity contribution >= 4 is 23.2 Å². The van der Waals surface area contributed by atoms with Gasteiger partial charge in [-0.3, -0.25) is 10.1 Å². The number of ether oxygens (including phenoxy) is 2. The summed E-state index contributed by atoms with van der Waals surface area (Å²) in [6.45, 7) is 4.90. The summed E-state index contributed by atoms with van der Waals surface area (Å²) in [7, 11) is 1.62. The van der Waals surface area contributed by atoms with E-state index in [0.717, 1.165) is 0 Å². The molecule has 0 saturated heterocycles. The van der Waals surface area contributed by atoms with E-state index in [4.69, 9.17) is 21.7 Å². The summed E-state index contributed by atoms with van der Waals surface area (Å²) in [5.41, 5.74) is 0.525. The third kappa shape index (κ3) is 5.99. The Morgan fingerprint density at radius 1 is 1.25 bits per heavy atom. The van der Waals surface area contributed by atoms with E-state index in [2.05, 4.69) is 10.6 Å². The number of rotatable bonds is 6. The van der Waals surface area contributed by atoms with Crippen molar-refractivity contribution in [3.05, 3.63) is 29.8 Å². The SMILES string of the molecule is COCCOc1ccc(C(=O)NC(=S)NC(C)C)cc1. The van der Waals surface area contributed by atoms with Crippen LogP contribution in [0.15, 0.2) is 24.3 Å². The fourth-order valence-electron chi connectivity index (χ4n) is 1.42. The highest BCUT2D eigenvalue weighted by molar-refractivity contribution is 7.80. The Morgan fingerprint density at radius 2 is 1.90 bits per heavy atom. The summed E-state index contributed by atoms with van der Waals surface area (Å²) in [5, 5.41) is 5.89. The fraction of sp³-hybridized carbons (Fsp3) is 0.429. The first-order valence-electron chi connectivity index (χ1n) is 6.36. The summed E-state index contributed by atoms with van der Waals surface area (Å²) < 4.78 is 10.3. The molecule has 1 amide bonds.